The zero-order valence-corrected chi connectivity index (χ0v) is 14.0. The van der Waals surface area contributed by atoms with Crippen molar-refractivity contribution in [2.75, 3.05) is 6.61 Å². The third kappa shape index (κ3) is 4.70. The van der Waals surface area contributed by atoms with E-state index in [1.54, 1.807) is 25.1 Å². The predicted octanol–water partition coefficient (Wildman–Crippen LogP) is 2.90. The van der Waals surface area contributed by atoms with Gasteiger partial charge in [0.05, 0.1) is 6.04 Å². The Morgan fingerprint density at radius 1 is 1.29 bits per heavy atom. The number of ether oxygens (including phenoxy) is 1. The number of esters is 1. The SMILES string of the molecule is CC(=O)c1c[nH]c(C(=O)OCC(=O)N[C@@H](C)c2cccc(Cl)c2)c1. The number of halogens is 1. The fourth-order valence-corrected chi connectivity index (χ4v) is 2.27. The van der Waals surface area contributed by atoms with Gasteiger partial charge in [-0.2, -0.15) is 0 Å². The van der Waals surface area contributed by atoms with Gasteiger partial charge in [-0.3, -0.25) is 9.59 Å². The largest absolute Gasteiger partial charge is 0.451 e. The van der Waals surface area contributed by atoms with Gasteiger partial charge < -0.3 is 15.0 Å². The van der Waals surface area contributed by atoms with Gasteiger partial charge in [0.25, 0.3) is 5.91 Å². The molecule has 1 atom stereocenters. The molecule has 0 spiro atoms. The molecule has 0 aliphatic heterocycles. The van der Waals surface area contributed by atoms with Crippen LogP contribution in [0.4, 0.5) is 0 Å². The van der Waals surface area contributed by atoms with Gasteiger partial charge in [-0.05, 0) is 37.6 Å². The lowest BCUT2D eigenvalue weighted by Crippen LogP contribution is -2.31. The molecule has 0 saturated heterocycles. The van der Waals surface area contributed by atoms with Gasteiger partial charge in [0.2, 0.25) is 0 Å². The van der Waals surface area contributed by atoms with Gasteiger partial charge >= 0.3 is 5.97 Å². The second-order valence-corrected chi connectivity index (χ2v) is 5.71. The molecule has 126 valence electrons. The van der Waals surface area contributed by atoms with Crippen LogP contribution in [0.5, 0.6) is 0 Å². The summed E-state index contributed by atoms with van der Waals surface area (Å²) in [5, 5.41) is 3.29. The molecule has 1 amide bonds. The Morgan fingerprint density at radius 3 is 2.67 bits per heavy atom. The average molecular weight is 349 g/mol. The van der Waals surface area contributed by atoms with Gasteiger partial charge in [-0.15, -0.1) is 0 Å². The minimum Gasteiger partial charge on any atom is -0.451 e. The van der Waals surface area contributed by atoms with Crippen molar-refractivity contribution in [2.45, 2.75) is 19.9 Å². The number of aromatic nitrogens is 1. The lowest BCUT2D eigenvalue weighted by molar-refractivity contribution is -0.124. The molecule has 0 radical (unpaired) electrons. The number of carbonyl (C=O) groups is 3. The number of Topliss-reactive ketones (excluding diaryl/α,β-unsaturated/α-hetero) is 1. The van der Waals surface area contributed by atoms with E-state index in [1.807, 2.05) is 6.07 Å². The molecule has 2 N–H and O–H groups in total. The summed E-state index contributed by atoms with van der Waals surface area (Å²) in [7, 11) is 0. The van der Waals surface area contributed by atoms with E-state index in [0.29, 0.717) is 10.6 Å². The van der Waals surface area contributed by atoms with Gasteiger partial charge in [-0.25, -0.2) is 4.79 Å². The highest BCUT2D eigenvalue weighted by atomic mass is 35.5. The topological polar surface area (TPSA) is 88.3 Å². The Kier molecular flexibility index (Phi) is 5.76. The van der Waals surface area contributed by atoms with Crippen LogP contribution >= 0.6 is 11.6 Å². The highest BCUT2D eigenvalue weighted by Crippen LogP contribution is 2.17. The smallest absolute Gasteiger partial charge is 0.355 e. The van der Waals surface area contributed by atoms with Crippen molar-refractivity contribution in [1.29, 1.82) is 0 Å². The normalized spacial score (nSPS) is 11.6. The molecular weight excluding hydrogens is 332 g/mol. The van der Waals surface area contributed by atoms with E-state index in [4.69, 9.17) is 16.3 Å². The summed E-state index contributed by atoms with van der Waals surface area (Å²) in [6.45, 7) is 2.77. The molecular formula is C17H17ClN2O4. The standard InChI is InChI=1S/C17H17ClN2O4/c1-10(12-4-3-5-14(18)6-12)20-16(22)9-24-17(23)15-7-13(8-19-15)11(2)21/h3-8,10,19H,9H2,1-2H3,(H,20,22)/t10-/m0/s1. The van der Waals surface area contributed by atoms with Crippen molar-refractivity contribution in [3.63, 3.8) is 0 Å². The van der Waals surface area contributed by atoms with Crippen molar-refractivity contribution in [1.82, 2.24) is 10.3 Å². The molecule has 1 heterocycles. The zero-order valence-electron chi connectivity index (χ0n) is 13.3. The van der Waals surface area contributed by atoms with Crippen LogP contribution in [0.3, 0.4) is 0 Å². The maximum absolute atomic E-state index is 11.9. The highest BCUT2D eigenvalue weighted by Gasteiger charge is 2.15. The van der Waals surface area contributed by atoms with Crippen molar-refractivity contribution in [3.05, 3.63) is 58.4 Å². The van der Waals surface area contributed by atoms with Gasteiger partial charge in [0.1, 0.15) is 5.69 Å². The number of H-pyrrole nitrogens is 1. The van der Waals surface area contributed by atoms with Crippen LogP contribution in [-0.4, -0.2) is 29.3 Å². The number of nitrogens with one attached hydrogen (secondary N) is 2. The number of aromatic amines is 1. The number of rotatable bonds is 6. The number of carbonyl (C=O) groups excluding carboxylic acids is 3. The molecule has 0 bridgehead atoms. The van der Waals surface area contributed by atoms with Crippen molar-refractivity contribution in [3.8, 4) is 0 Å². The van der Waals surface area contributed by atoms with Crippen LogP contribution in [0, 0.1) is 0 Å². The summed E-state index contributed by atoms with van der Waals surface area (Å²) in [6.07, 6.45) is 1.42. The lowest BCUT2D eigenvalue weighted by Gasteiger charge is -2.14. The summed E-state index contributed by atoms with van der Waals surface area (Å²) in [4.78, 5) is 37.5. The van der Waals surface area contributed by atoms with Gasteiger partial charge in [0.15, 0.2) is 12.4 Å². The highest BCUT2D eigenvalue weighted by molar-refractivity contribution is 6.30. The molecule has 7 heteroatoms. The number of hydrogen-bond acceptors (Lipinski definition) is 4. The Bertz CT molecular complexity index is 769. The molecule has 0 fully saturated rings. The van der Waals surface area contributed by atoms with Crippen LogP contribution < -0.4 is 5.32 Å². The van der Waals surface area contributed by atoms with Crippen molar-refractivity contribution in [2.24, 2.45) is 0 Å². The maximum atomic E-state index is 11.9. The molecule has 2 rings (SSSR count). The quantitative estimate of drug-likeness (QED) is 0.620. The summed E-state index contributed by atoms with van der Waals surface area (Å²) in [5.41, 5.74) is 1.34. The first-order chi connectivity index (χ1) is 11.4. The van der Waals surface area contributed by atoms with E-state index in [-0.39, 0.29) is 17.5 Å². The van der Waals surface area contributed by atoms with Crippen LogP contribution in [-0.2, 0) is 9.53 Å². The average Bonchev–Trinajstić information content (AvgIpc) is 3.03. The van der Waals surface area contributed by atoms with E-state index in [1.165, 1.54) is 19.2 Å². The fourth-order valence-electron chi connectivity index (χ4n) is 2.07. The van der Waals surface area contributed by atoms with Crippen LogP contribution in [0.15, 0.2) is 36.5 Å². The van der Waals surface area contributed by atoms with E-state index >= 15 is 0 Å². The maximum Gasteiger partial charge on any atom is 0.355 e. The van der Waals surface area contributed by atoms with E-state index < -0.39 is 18.5 Å². The molecule has 0 aliphatic rings. The molecule has 0 aliphatic carbocycles. The van der Waals surface area contributed by atoms with Crippen LogP contribution in [0.25, 0.3) is 0 Å². The number of ketones is 1. The zero-order chi connectivity index (χ0) is 17.7. The number of benzene rings is 1. The van der Waals surface area contributed by atoms with Crippen molar-refractivity contribution < 1.29 is 19.1 Å². The number of amides is 1. The summed E-state index contributed by atoms with van der Waals surface area (Å²) in [6, 6.07) is 8.23. The molecule has 6 nitrogen and oxygen atoms in total. The summed E-state index contributed by atoms with van der Waals surface area (Å²) < 4.78 is 4.92. The molecule has 1 aromatic heterocycles. The fraction of sp³-hybridized carbons (Fsp3) is 0.235. The molecule has 0 saturated carbocycles. The Labute approximate surface area is 144 Å². The monoisotopic (exact) mass is 348 g/mol. The summed E-state index contributed by atoms with van der Waals surface area (Å²) >= 11 is 5.91. The molecule has 0 unspecified atom stereocenters. The summed E-state index contributed by atoms with van der Waals surface area (Å²) in [5.74, 6) is -1.30. The lowest BCUT2D eigenvalue weighted by atomic mass is 10.1. The second-order valence-electron chi connectivity index (χ2n) is 5.28. The minimum absolute atomic E-state index is 0.121. The van der Waals surface area contributed by atoms with Crippen LogP contribution in [0.2, 0.25) is 5.02 Å². The third-order valence-electron chi connectivity index (χ3n) is 3.37. The first-order valence-electron chi connectivity index (χ1n) is 7.28. The van der Waals surface area contributed by atoms with E-state index in [2.05, 4.69) is 10.3 Å². The Balaban J connectivity index is 1.86. The number of hydrogen-bond donors (Lipinski definition) is 2. The predicted molar refractivity (Wildman–Crippen MR) is 89.1 cm³/mol. The van der Waals surface area contributed by atoms with Crippen molar-refractivity contribution >= 4 is 29.3 Å². The van der Waals surface area contributed by atoms with Gasteiger partial charge in [0, 0.05) is 16.8 Å². The minimum atomic E-state index is -0.701. The first kappa shape index (κ1) is 17.7. The Morgan fingerprint density at radius 2 is 2.04 bits per heavy atom. The Hall–Kier alpha value is -2.60. The molecule has 1 aromatic carbocycles. The van der Waals surface area contributed by atoms with E-state index in [9.17, 15) is 14.4 Å². The third-order valence-corrected chi connectivity index (χ3v) is 3.61. The molecule has 2 aromatic rings. The molecule has 24 heavy (non-hydrogen) atoms. The van der Waals surface area contributed by atoms with Gasteiger partial charge in [-0.1, -0.05) is 23.7 Å². The second kappa shape index (κ2) is 7.79. The first-order valence-corrected chi connectivity index (χ1v) is 7.66. The van der Waals surface area contributed by atoms with E-state index in [0.717, 1.165) is 5.56 Å². The van der Waals surface area contributed by atoms with Crippen LogP contribution in [0.1, 0.15) is 46.3 Å².